The van der Waals surface area contributed by atoms with Crippen LogP contribution in [-0.4, -0.2) is 25.0 Å². The van der Waals surface area contributed by atoms with Crippen LogP contribution in [-0.2, 0) is 0 Å². The molecule has 1 fully saturated rings. The van der Waals surface area contributed by atoms with E-state index < -0.39 is 0 Å². The number of nitrogens with zero attached hydrogens (tertiary/aromatic N) is 1. The van der Waals surface area contributed by atoms with E-state index in [2.05, 4.69) is 40.9 Å². The third-order valence-corrected chi connectivity index (χ3v) is 4.22. The number of hydrogen-bond donors (Lipinski definition) is 0. The lowest BCUT2D eigenvalue weighted by atomic mass is 9.82. The third-order valence-electron chi connectivity index (χ3n) is 3.17. The van der Waals surface area contributed by atoms with Crippen molar-refractivity contribution in [3.63, 3.8) is 0 Å². The van der Waals surface area contributed by atoms with Crippen LogP contribution in [0.25, 0.3) is 0 Å². The quantitative estimate of drug-likeness (QED) is 0.618. The molecular formula is C10H16BrN. The van der Waals surface area contributed by atoms with E-state index in [1.165, 1.54) is 24.0 Å². The van der Waals surface area contributed by atoms with Crippen molar-refractivity contribution in [1.29, 1.82) is 0 Å². The van der Waals surface area contributed by atoms with Gasteiger partial charge in [-0.15, -0.1) is 0 Å². The summed E-state index contributed by atoms with van der Waals surface area (Å²) in [7, 11) is 2.23. The highest BCUT2D eigenvalue weighted by molar-refractivity contribution is 9.11. The van der Waals surface area contributed by atoms with E-state index in [-0.39, 0.29) is 0 Å². The Labute approximate surface area is 82.9 Å². The molecule has 0 N–H and O–H groups in total. The summed E-state index contributed by atoms with van der Waals surface area (Å²) in [6.45, 7) is 4.87. The number of allylic oxidation sites excluding steroid dienone is 1. The van der Waals surface area contributed by atoms with Gasteiger partial charge in [-0.25, -0.2) is 0 Å². The van der Waals surface area contributed by atoms with Gasteiger partial charge in [0.25, 0.3) is 0 Å². The summed E-state index contributed by atoms with van der Waals surface area (Å²) in [5, 5.41) is 0. The van der Waals surface area contributed by atoms with Gasteiger partial charge in [-0.2, -0.15) is 0 Å². The highest BCUT2D eigenvalue weighted by Crippen LogP contribution is 2.39. The second-order valence-corrected chi connectivity index (χ2v) is 5.25. The van der Waals surface area contributed by atoms with E-state index in [0.717, 1.165) is 17.8 Å². The van der Waals surface area contributed by atoms with Crippen molar-refractivity contribution in [2.45, 2.75) is 13.3 Å². The van der Waals surface area contributed by atoms with Gasteiger partial charge in [0.15, 0.2) is 0 Å². The van der Waals surface area contributed by atoms with Crippen LogP contribution < -0.4 is 0 Å². The number of hydrogen-bond acceptors (Lipinski definition) is 1. The zero-order valence-corrected chi connectivity index (χ0v) is 9.34. The van der Waals surface area contributed by atoms with E-state index in [9.17, 15) is 0 Å². The molecule has 2 aliphatic rings. The fourth-order valence-corrected chi connectivity index (χ4v) is 3.02. The molecule has 0 bridgehead atoms. The zero-order chi connectivity index (χ0) is 8.72. The fraction of sp³-hybridized carbons (Fsp3) is 0.800. The molecular weight excluding hydrogens is 214 g/mol. The molecule has 1 aliphatic carbocycles. The van der Waals surface area contributed by atoms with E-state index in [4.69, 9.17) is 0 Å². The highest BCUT2D eigenvalue weighted by atomic mass is 79.9. The first kappa shape index (κ1) is 8.76. The Bertz CT molecular complexity index is 212. The van der Waals surface area contributed by atoms with Crippen LogP contribution >= 0.6 is 15.9 Å². The fourth-order valence-electron chi connectivity index (χ4n) is 2.49. The summed E-state index contributed by atoms with van der Waals surface area (Å²) < 4.78 is 1.43. The molecule has 0 saturated carbocycles. The lowest BCUT2D eigenvalue weighted by Gasteiger charge is -2.26. The Morgan fingerprint density at radius 1 is 1.50 bits per heavy atom. The van der Waals surface area contributed by atoms with Crippen LogP contribution in [0.4, 0.5) is 0 Å². The Morgan fingerprint density at radius 3 is 3.00 bits per heavy atom. The van der Waals surface area contributed by atoms with Crippen molar-refractivity contribution in [1.82, 2.24) is 4.90 Å². The normalized spacial score (nSPS) is 42.6. The maximum absolute atomic E-state index is 3.65. The molecule has 3 atom stereocenters. The number of rotatable bonds is 0. The maximum Gasteiger partial charge on any atom is 0.00449 e. The largest absolute Gasteiger partial charge is 0.305 e. The second kappa shape index (κ2) is 3.15. The lowest BCUT2D eigenvalue weighted by Crippen LogP contribution is -2.19. The molecule has 68 valence electrons. The van der Waals surface area contributed by atoms with Gasteiger partial charge in [-0.1, -0.05) is 28.9 Å². The first-order chi connectivity index (χ1) is 5.66. The average molecular weight is 230 g/mol. The molecule has 2 rings (SSSR count). The molecule has 0 amide bonds. The van der Waals surface area contributed by atoms with Gasteiger partial charge in [-0.3, -0.25) is 0 Å². The van der Waals surface area contributed by atoms with Gasteiger partial charge in [0.05, 0.1) is 0 Å². The molecule has 0 spiro atoms. The van der Waals surface area contributed by atoms with E-state index in [1.54, 1.807) is 0 Å². The minimum atomic E-state index is 0.748. The summed E-state index contributed by atoms with van der Waals surface area (Å²) in [6.07, 6.45) is 3.80. The van der Waals surface area contributed by atoms with Gasteiger partial charge in [-0.05, 0) is 35.7 Å². The smallest absolute Gasteiger partial charge is 0.00449 e. The molecule has 0 aromatic heterocycles. The molecule has 1 saturated heterocycles. The van der Waals surface area contributed by atoms with Crippen LogP contribution in [0.3, 0.4) is 0 Å². The van der Waals surface area contributed by atoms with Crippen LogP contribution in [0.2, 0.25) is 0 Å². The summed E-state index contributed by atoms with van der Waals surface area (Å²) >= 11 is 3.65. The molecule has 0 unspecified atom stereocenters. The monoisotopic (exact) mass is 229 g/mol. The summed E-state index contributed by atoms with van der Waals surface area (Å²) in [5.41, 5.74) is 0. The predicted octanol–water partition coefficient (Wildman–Crippen LogP) is 2.48. The molecule has 1 aliphatic heterocycles. The van der Waals surface area contributed by atoms with Crippen LogP contribution in [0.5, 0.6) is 0 Å². The van der Waals surface area contributed by atoms with Gasteiger partial charge >= 0.3 is 0 Å². The van der Waals surface area contributed by atoms with Gasteiger partial charge < -0.3 is 4.90 Å². The Balaban J connectivity index is 2.14. The summed E-state index contributed by atoms with van der Waals surface area (Å²) in [5.74, 6) is 2.49. The first-order valence-electron chi connectivity index (χ1n) is 4.72. The van der Waals surface area contributed by atoms with Crippen molar-refractivity contribution >= 4 is 15.9 Å². The van der Waals surface area contributed by atoms with E-state index in [0.29, 0.717) is 0 Å². The Morgan fingerprint density at radius 2 is 2.25 bits per heavy atom. The topological polar surface area (TPSA) is 3.24 Å². The summed E-state index contributed by atoms with van der Waals surface area (Å²) in [4.78, 5) is 2.45. The predicted molar refractivity (Wildman–Crippen MR) is 55.3 cm³/mol. The number of likely N-dealkylation sites (tertiary alicyclic amines) is 1. The SMILES string of the molecule is C[C@@H]1C[C@H]2CN(C)C[C@@H]2C=C1Br. The van der Waals surface area contributed by atoms with Crippen molar-refractivity contribution < 1.29 is 0 Å². The highest BCUT2D eigenvalue weighted by Gasteiger charge is 2.34. The minimum absolute atomic E-state index is 0.748. The maximum atomic E-state index is 3.65. The molecule has 12 heavy (non-hydrogen) atoms. The zero-order valence-electron chi connectivity index (χ0n) is 7.76. The van der Waals surface area contributed by atoms with Crippen molar-refractivity contribution in [2.24, 2.45) is 17.8 Å². The Kier molecular flexibility index (Phi) is 2.30. The molecule has 1 heterocycles. The molecule has 2 heteroatoms. The van der Waals surface area contributed by atoms with Gasteiger partial charge in [0, 0.05) is 13.1 Å². The van der Waals surface area contributed by atoms with Crippen molar-refractivity contribution in [3.05, 3.63) is 10.6 Å². The lowest BCUT2D eigenvalue weighted by molar-refractivity contribution is 0.362. The minimum Gasteiger partial charge on any atom is -0.305 e. The third kappa shape index (κ3) is 1.47. The molecule has 0 aromatic rings. The van der Waals surface area contributed by atoms with Gasteiger partial charge in [0.2, 0.25) is 0 Å². The van der Waals surface area contributed by atoms with Crippen LogP contribution in [0.15, 0.2) is 10.6 Å². The second-order valence-electron chi connectivity index (χ2n) is 4.33. The first-order valence-corrected chi connectivity index (χ1v) is 5.52. The summed E-state index contributed by atoms with van der Waals surface area (Å²) in [6, 6.07) is 0. The van der Waals surface area contributed by atoms with Crippen LogP contribution in [0, 0.1) is 17.8 Å². The number of halogens is 1. The average Bonchev–Trinajstić information content (AvgIpc) is 2.30. The molecule has 1 nitrogen and oxygen atoms in total. The van der Waals surface area contributed by atoms with Crippen molar-refractivity contribution in [3.8, 4) is 0 Å². The molecule has 0 aromatic carbocycles. The van der Waals surface area contributed by atoms with E-state index in [1.807, 2.05) is 0 Å². The van der Waals surface area contributed by atoms with Crippen molar-refractivity contribution in [2.75, 3.05) is 20.1 Å². The molecule has 0 radical (unpaired) electrons. The van der Waals surface area contributed by atoms with E-state index >= 15 is 0 Å². The van der Waals surface area contributed by atoms with Crippen LogP contribution in [0.1, 0.15) is 13.3 Å². The standard InChI is InChI=1S/C10H16BrN/c1-7-3-8-5-12(2)6-9(8)4-10(7)11/h4,7-9H,3,5-6H2,1-2H3/t7-,8+,9+/m1/s1. The van der Waals surface area contributed by atoms with Gasteiger partial charge in [0.1, 0.15) is 0 Å². The number of fused-ring (bicyclic) bond motifs is 1. The Hall–Kier alpha value is 0.180.